The van der Waals surface area contributed by atoms with Crippen molar-refractivity contribution < 1.29 is 48.8 Å². The molecule has 4 rings (SSSR count). The van der Waals surface area contributed by atoms with E-state index in [2.05, 4.69) is 14.2 Å². The van der Waals surface area contributed by atoms with Crippen molar-refractivity contribution in [2.75, 3.05) is 0 Å². The molecule has 0 bridgehead atoms. The van der Waals surface area contributed by atoms with Gasteiger partial charge in [-0.25, -0.2) is 4.99 Å². The molecular weight excluding hydrogens is 492 g/mol. The molecule has 0 saturated heterocycles. The first-order chi connectivity index (χ1) is 14.8. The van der Waals surface area contributed by atoms with Crippen LogP contribution in [-0.2, 0) is 31.6 Å². The lowest BCUT2D eigenvalue weighted by Gasteiger charge is -2.03. The van der Waals surface area contributed by atoms with Crippen LogP contribution in [0, 0.1) is 0 Å². The van der Waals surface area contributed by atoms with E-state index >= 15 is 0 Å². The number of aromatic amines is 1. The SMILES string of the molecule is O=C1C(c2[nH]c3c(S(=O)(=O)O)cc(S(=O)(=O)O)cc3c2O)=Nc2ccc(OS(=O)O)cc21. The summed E-state index contributed by atoms with van der Waals surface area (Å²) in [7, 11) is -9.96. The molecule has 3 aromatic rings. The number of H-pyrrole nitrogens is 1. The zero-order valence-corrected chi connectivity index (χ0v) is 17.7. The molecule has 1 unspecified atom stereocenters. The Morgan fingerprint density at radius 1 is 1.03 bits per heavy atom. The predicted molar refractivity (Wildman–Crippen MR) is 108 cm³/mol. The third kappa shape index (κ3) is 3.68. The number of aromatic nitrogens is 1. The maximum absolute atomic E-state index is 12.8. The van der Waals surface area contributed by atoms with Gasteiger partial charge in [-0.3, -0.25) is 18.5 Å². The van der Waals surface area contributed by atoms with Crippen molar-refractivity contribution in [2.24, 2.45) is 4.99 Å². The largest absolute Gasteiger partial charge is 0.505 e. The molecule has 0 radical (unpaired) electrons. The summed E-state index contributed by atoms with van der Waals surface area (Å²) in [6, 6.07) is 4.89. The highest BCUT2D eigenvalue weighted by molar-refractivity contribution is 7.86. The highest BCUT2D eigenvalue weighted by atomic mass is 32.2. The average Bonchev–Trinajstić information content (AvgIpc) is 3.16. The van der Waals surface area contributed by atoms with Gasteiger partial charge in [0.2, 0.25) is 5.78 Å². The fourth-order valence-electron chi connectivity index (χ4n) is 3.15. The molecule has 1 aromatic heterocycles. The Bertz CT molecular complexity index is 1600. The predicted octanol–water partition coefficient (Wildman–Crippen LogP) is 1.20. The first-order valence-electron chi connectivity index (χ1n) is 8.18. The molecule has 1 atom stereocenters. The molecule has 1 aliphatic heterocycles. The first kappa shape index (κ1) is 22.1. The van der Waals surface area contributed by atoms with Crippen molar-refractivity contribution in [1.29, 1.82) is 0 Å². The maximum Gasteiger partial charge on any atom is 0.357 e. The van der Waals surface area contributed by atoms with Gasteiger partial charge in [0.25, 0.3) is 20.2 Å². The lowest BCUT2D eigenvalue weighted by atomic mass is 10.1. The van der Waals surface area contributed by atoms with E-state index in [0.717, 1.165) is 12.1 Å². The summed E-state index contributed by atoms with van der Waals surface area (Å²) in [5.74, 6) is -1.68. The van der Waals surface area contributed by atoms with Crippen LogP contribution in [0.5, 0.6) is 11.5 Å². The minimum Gasteiger partial charge on any atom is -0.505 e. The second-order valence-electron chi connectivity index (χ2n) is 6.41. The van der Waals surface area contributed by atoms with E-state index in [4.69, 9.17) is 4.55 Å². The number of fused-ring (bicyclic) bond motifs is 2. The second kappa shape index (κ2) is 7.19. The van der Waals surface area contributed by atoms with Gasteiger partial charge in [0.1, 0.15) is 22.1 Å². The van der Waals surface area contributed by atoms with Crippen molar-refractivity contribution in [2.45, 2.75) is 9.79 Å². The van der Waals surface area contributed by atoms with Crippen molar-refractivity contribution >= 4 is 59.7 Å². The molecule has 16 heteroatoms. The summed E-state index contributed by atoms with van der Waals surface area (Å²) in [6.45, 7) is 0. The number of nitrogens with one attached hydrogen (secondary N) is 1. The Morgan fingerprint density at radius 2 is 1.72 bits per heavy atom. The van der Waals surface area contributed by atoms with Crippen LogP contribution in [0.3, 0.4) is 0 Å². The summed E-state index contributed by atoms with van der Waals surface area (Å²) < 4.78 is 89.5. The molecule has 2 aromatic carbocycles. The number of carbonyl (C=O) groups is 1. The quantitative estimate of drug-likeness (QED) is 0.246. The zero-order valence-electron chi connectivity index (χ0n) is 15.2. The van der Waals surface area contributed by atoms with Gasteiger partial charge in [-0.2, -0.15) is 21.0 Å². The average molecular weight is 502 g/mol. The van der Waals surface area contributed by atoms with Crippen molar-refractivity contribution in [3.05, 3.63) is 41.6 Å². The number of nitrogens with zero attached hydrogens (tertiary/aromatic N) is 1. The minimum atomic E-state index is -5.04. The molecule has 0 saturated carbocycles. The van der Waals surface area contributed by atoms with Crippen molar-refractivity contribution in [3.8, 4) is 11.5 Å². The highest BCUT2D eigenvalue weighted by Crippen LogP contribution is 2.39. The van der Waals surface area contributed by atoms with Crippen molar-refractivity contribution in [1.82, 2.24) is 4.98 Å². The second-order valence-corrected chi connectivity index (χ2v) is 9.82. The van der Waals surface area contributed by atoms with E-state index in [9.17, 15) is 40.1 Å². The number of benzene rings is 2. The third-order valence-corrected chi connectivity index (χ3v) is 6.50. The van der Waals surface area contributed by atoms with Crippen LogP contribution in [-0.4, -0.2) is 56.3 Å². The van der Waals surface area contributed by atoms with Gasteiger partial charge in [-0.05, 0) is 30.3 Å². The Hall–Kier alpha value is -3.15. The normalized spacial score (nSPS) is 15.0. The third-order valence-electron chi connectivity index (χ3n) is 4.46. The monoisotopic (exact) mass is 502 g/mol. The lowest BCUT2D eigenvalue weighted by molar-refractivity contribution is 0.106. The number of aromatic hydroxyl groups is 1. The lowest BCUT2D eigenvalue weighted by Crippen LogP contribution is -2.12. The molecule has 1 aliphatic rings. The Labute approximate surface area is 181 Å². The van der Waals surface area contributed by atoms with Gasteiger partial charge in [0.05, 0.1) is 21.7 Å². The first-order valence-corrected chi connectivity index (χ1v) is 12.1. The number of Topliss-reactive ketones (excluding diaryl/α,β-unsaturated/α-hetero) is 1. The van der Waals surface area contributed by atoms with Crippen LogP contribution >= 0.6 is 0 Å². The summed E-state index contributed by atoms with van der Waals surface area (Å²) in [5.41, 5.74) is -1.20. The zero-order chi connectivity index (χ0) is 23.6. The van der Waals surface area contributed by atoms with Gasteiger partial charge in [-0.1, -0.05) is 0 Å². The van der Waals surface area contributed by atoms with Gasteiger partial charge in [0, 0.05) is 5.39 Å². The molecule has 5 N–H and O–H groups in total. The Kier molecular flexibility index (Phi) is 4.96. The van der Waals surface area contributed by atoms with E-state index < -0.39 is 75.2 Å². The van der Waals surface area contributed by atoms with Gasteiger partial charge in [0.15, 0.2) is 5.75 Å². The summed E-state index contributed by atoms with van der Waals surface area (Å²) >= 11 is -2.65. The van der Waals surface area contributed by atoms with Crippen molar-refractivity contribution in [3.63, 3.8) is 0 Å². The topological polar surface area (TPSA) is 221 Å². The number of aliphatic imine (C=N–C) groups is 1. The molecule has 32 heavy (non-hydrogen) atoms. The van der Waals surface area contributed by atoms with Crippen LogP contribution in [0.1, 0.15) is 16.1 Å². The molecule has 168 valence electrons. The molecule has 0 spiro atoms. The number of carbonyl (C=O) groups excluding carboxylic acids is 1. The molecule has 0 aliphatic carbocycles. The smallest absolute Gasteiger partial charge is 0.357 e. The number of ketones is 1. The van der Waals surface area contributed by atoms with Crippen LogP contribution < -0.4 is 4.18 Å². The number of hydrogen-bond acceptors (Lipinski definition) is 9. The fourth-order valence-corrected chi connectivity index (χ4v) is 4.72. The molecule has 2 heterocycles. The summed E-state index contributed by atoms with van der Waals surface area (Å²) in [6.07, 6.45) is 0. The van der Waals surface area contributed by atoms with Crippen LogP contribution in [0.15, 0.2) is 45.1 Å². The fraction of sp³-hybridized carbons (Fsp3) is 0. The van der Waals surface area contributed by atoms with E-state index in [0.29, 0.717) is 6.07 Å². The van der Waals surface area contributed by atoms with Crippen LogP contribution in [0.25, 0.3) is 10.9 Å². The van der Waals surface area contributed by atoms with E-state index in [1.165, 1.54) is 12.1 Å². The van der Waals surface area contributed by atoms with E-state index in [1.54, 1.807) is 0 Å². The molecule has 13 nitrogen and oxygen atoms in total. The Balaban J connectivity index is 1.92. The number of hydrogen-bond donors (Lipinski definition) is 5. The molecule has 0 fully saturated rings. The maximum atomic E-state index is 12.8. The standard InChI is InChI=1S/C16H10N2O11S3/c19-15-8-3-6(29-30(21)22)1-2-10(8)17-13(15)14-16(20)9-4-7(31(23,24)25)5-11(12(9)18-14)32(26,27)28/h1-5,18,20H,(H,21,22)(H,23,24,25)(H,26,27,28). The Morgan fingerprint density at radius 3 is 2.31 bits per heavy atom. The summed E-state index contributed by atoms with van der Waals surface area (Å²) in [4.78, 5) is 17.4. The number of rotatable bonds is 5. The van der Waals surface area contributed by atoms with Gasteiger partial charge >= 0.3 is 11.4 Å². The van der Waals surface area contributed by atoms with E-state index in [1.807, 2.05) is 0 Å². The molecule has 0 amide bonds. The minimum absolute atomic E-state index is 0.0605. The van der Waals surface area contributed by atoms with E-state index in [-0.39, 0.29) is 17.0 Å². The van der Waals surface area contributed by atoms with Gasteiger partial charge < -0.3 is 14.3 Å². The molecular formula is C16H10N2O11S3. The van der Waals surface area contributed by atoms with Gasteiger partial charge in [-0.15, -0.1) is 0 Å². The van der Waals surface area contributed by atoms with Crippen LogP contribution in [0.4, 0.5) is 5.69 Å². The highest BCUT2D eigenvalue weighted by Gasteiger charge is 2.32. The van der Waals surface area contributed by atoms with Crippen LogP contribution in [0.2, 0.25) is 0 Å². The summed E-state index contributed by atoms with van der Waals surface area (Å²) in [5, 5.41) is 10.1.